The van der Waals surface area contributed by atoms with E-state index >= 15 is 0 Å². The van der Waals surface area contributed by atoms with Crippen molar-refractivity contribution in [3.05, 3.63) is 30.6 Å². The average Bonchev–Trinajstić information content (AvgIpc) is 3.14. The molecular formula is C20H25F3N5O2PS. The number of hydrogen-bond donors (Lipinski definition) is 1. The molecule has 0 amide bonds. The van der Waals surface area contributed by atoms with Crippen LogP contribution in [-0.2, 0) is 11.3 Å². The number of nitrogen functional groups attached to an aromatic ring is 1. The molecule has 2 heterocycles. The summed E-state index contributed by atoms with van der Waals surface area (Å²) in [5, 5.41) is 0.624. The van der Waals surface area contributed by atoms with E-state index in [-0.39, 0.29) is 27.5 Å². The molecule has 2 N–H and O–H groups in total. The van der Waals surface area contributed by atoms with Crippen LogP contribution in [0.15, 0.2) is 40.5 Å². The third-order valence-corrected chi connectivity index (χ3v) is 6.31. The maximum Gasteiger partial charge on any atom is 0.392 e. The van der Waals surface area contributed by atoms with Crippen LogP contribution in [0.3, 0.4) is 0 Å². The van der Waals surface area contributed by atoms with E-state index < -0.39 is 12.3 Å². The van der Waals surface area contributed by atoms with Crippen LogP contribution in [-0.4, -0.2) is 51.4 Å². The maximum absolute atomic E-state index is 12.2. The molecule has 1 aromatic carbocycles. The predicted molar refractivity (Wildman–Crippen MR) is 121 cm³/mol. The number of imidazole rings is 1. The molecule has 0 radical (unpaired) electrons. The van der Waals surface area contributed by atoms with Crippen LogP contribution in [0.5, 0.6) is 5.75 Å². The van der Waals surface area contributed by atoms with Crippen molar-refractivity contribution in [2.75, 3.05) is 31.5 Å². The lowest BCUT2D eigenvalue weighted by atomic mass is 10.3. The van der Waals surface area contributed by atoms with Crippen molar-refractivity contribution < 1.29 is 22.6 Å². The molecule has 0 saturated heterocycles. The largest absolute Gasteiger partial charge is 0.494 e. The minimum Gasteiger partial charge on any atom is -0.494 e. The second kappa shape index (κ2) is 11.7. The summed E-state index contributed by atoms with van der Waals surface area (Å²) >= 11 is 1.42. The summed E-state index contributed by atoms with van der Waals surface area (Å²) in [7, 11) is -0.312. The number of rotatable bonds is 12. The topological polar surface area (TPSA) is 88.1 Å². The van der Waals surface area contributed by atoms with Crippen LogP contribution in [0.2, 0.25) is 0 Å². The second-order valence-corrected chi connectivity index (χ2v) is 9.07. The van der Waals surface area contributed by atoms with Crippen molar-refractivity contribution in [2.24, 2.45) is 0 Å². The van der Waals surface area contributed by atoms with Crippen molar-refractivity contribution in [3.8, 4) is 5.75 Å². The van der Waals surface area contributed by atoms with Crippen molar-refractivity contribution >= 4 is 37.5 Å². The Morgan fingerprint density at radius 3 is 2.66 bits per heavy atom. The first-order chi connectivity index (χ1) is 15.4. The molecule has 32 heavy (non-hydrogen) atoms. The molecule has 3 aromatic rings. The Kier molecular flexibility index (Phi) is 8.95. The molecule has 0 aliphatic heterocycles. The Morgan fingerprint density at radius 2 is 1.94 bits per heavy atom. The summed E-state index contributed by atoms with van der Waals surface area (Å²) in [6.45, 7) is 3.46. The van der Waals surface area contributed by atoms with E-state index in [1.54, 1.807) is 10.9 Å². The first-order valence-corrected chi connectivity index (χ1v) is 12.3. The zero-order chi connectivity index (χ0) is 23.0. The third-order valence-electron chi connectivity index (χ3n) is 4.26. The van der Waals surface area contributed by atoms with Crippen molar-refractivity contribution in [1.29, 1.82) is 0 Å². The number of unbranched alkanes of at least 4 members (excludes halogenated alkanes) is 1. The monoisotopic (exact) mass is 487 g/mol. The molecule has 2 aromatic heterocycles. The van der Waals surface area contributed by atoms with Gasteiger partial charge in [-0.1, -0.05) is 33.7 Å². The number of ether oxygens (including phenoxy) is 2. The molecule has 0 bridgehead atoms. The molecular weight excluding hydrogens is 462 g/mol. The maximum atomic E-state index is 12.2. The number of alkyl halides is 3. The van der Waals surface area contributed by atoms with Gasteiger partial charge in [-0.15, -0.1) is 0 Å². The van der Waals surface area contributed by atoms with Gasteiger partial charge in [0.15, 0.2) is 5.65 Å². The molecule has 174 valence electrons. The standard InChI is InChI=1S/C20H25F3N5O2PS/c1-2-3-9-30-14-4-6-15(7-5-14)32-18-16-17(26-19(24)27-18)28(12-25-16)8-10-29-13-31-11-20(21,22)23/h4-7,12,31H,2-3,8-11,13H2,1H3,(H2,24,26,27). The molecule has 0 aliphatic carbocycles. The lowest BCUT2D eigenvalue weighted by Crippen LogP contribution is -2.11. The van der Waals surface area contributed by atoms with Crippen LogP contribution < -0.4 is 10.5 Å². The highest BCUT2D eigenvalue weighted by Crippen LogP contribution is 2.32. The molecule has 0 aliphatic rings. The van der Waals surface area contributed by atoms with E-state index in [1.807, 2.05) is 24.3 Å². The van der Waals surface area contributed by atoms with Gasteiger partial charge in [0.2, 0.25) is 5.95 Å². The van der Waals surface area contributed by atoms with E-state index in [2.05, 4.69) is 21.9 Å². The van der Waals surface area contributed by atoms with Gasteiger partial charge in [0.25, 0.3) is 0 Å². The third kappa shape index (κ3) is 7.50. The number of hydrogen-bond acceptors (Lipinski definition) is 7. The number of anilines is 1. The summed E-state index contributed by atoms with van der Waals surface area (Å²) in [5.41, 5.74) is 7.06. The minimum atomic E-state index is -4.15. The Morgan fingerprint density at radius 1 is 1.16 bits per heavy atom. The number of fused-ring (bicyclic) bond motifs is 1. The number of halogens is 3. The van der Waals surface area contributed by atoms with Gasteiger partial charge in [-0.3, -0.25) is 0 Å². The molecule has 0 fully saturated rings. The minimum absolute atomic E-state index is 0.0719. The van der Waals surface area contributed by atoms with E-state index in [0.717, 1.165) is 23.5 Å². The first-order valence-electron chi connectivity index (χ1n) is 10.1. The van der Waals surface area contributed by atoms with Crippen molar-refractivity contribution in [3.63, 3.8) is 0 Å². The van der Waals surface area contributed by atoms with E-state index in [9.17, 15) is 13.2 Å². The van der Waals surface area contributed by atoms with Crippen molar-refractivity contribution in [1.82, 2.24) is 19.5 Å². The van der Waals surface area contributed by atoms with E-state index in [4.69, 9.17) is 15.2 Å². The molecule has 3 rings (SSSR count). The predicted octanol–water partition coefficient (Wildman–Crippen LogP) is 4.95. The van der Waals surface area contributed by atoms with Gasteiger partial charge in [0, 0.05) is 11.4 Å². The van der Waals surface area contributed by atoms with Gasteiger partial charge >= 0.3 is 6.18 Å². The van der Waals surface area contributed by atoms with Gasteiger partial charge in [-0.25, -0.2) is 9.97 Å². The van der Waals surface area contributed by atoms with Crippen LogP contribution in [0.25, 0.3) is 11.2 Å². The fourth-order valence-electron chi connectivity index (χ4n) is 2.72. The Labute approximate surface area is 190 Å². The normalized spacial score (nSPS) is 12.2. The number of benzene rings is 1. The van der Waals surface area contributed by atoms with E-state index in [1.165, 1.54) is 11.8 Å². The van der Waals surface area contributed by atoms with Gasteiger partial charge < -0.3 is 19.8 Å². The number of nitrogens with two attached hydrogens (primary N) is 1. The van der Waals surface area contributed by atoms with Crippen LogP contribution in [0.1, 0.15) is 19.8 Å². The van der Waals surface area contributed by atoms with Crippen LogP contribution in [0.4, 0.5) is 19.1 Å². The van der Waals surface area contributed by atoms with Crippen molar-refractivity contribution in [2.45, 2.75) is 42.4 Å². The summed E-state index contributed by atoms with van der Waals surface area (Å²) in [6, 6.07) is 7.72. The van der Waals surface area contributed by atoms with Gasteiger partial charge in [0.05, 0.1) is 32.1 Å². The number of aromatic nitrogens is 4. The lowest BCUT2D eigenvalue weighted by molar-refractivity contribution is -0.106. The van der Waals surface area contributed by atoms with Gasteiger partial charge in [0.1, 0.15) is 16.3 Å². The quantitative estimate of drug-likeness (QED) is 0.220. The Balaban J connectivity index is 1.61. The molecule has 1 unspecified atom stereocenters. The zero-order valence-corrected chi connectivity index (χ0v) is 19.4. The highest BCUT2D eigenvalue weighted by molar-refractivity contribution is 7.99. The second-order valence-electron chi connectivity index (χ2n) is 6.87. The molecule has 0 spiro atoms. The summed E-state index contributed by atoms with van der Waals surface area (Å²) in [4.78, 5) is 14.0. The summed E-state index contributed by atoms with van der Waals surface area (Å²) in [5.74, 6) is 0.934. The van der Waals surface area contributed by atoms with Crippen LogP contribution in [0, 0.1) is 0 Å². The van der Waals surface area contributed by atoms with Gasteiger partial charge in [-0.2, -0.15) is 18.2 Å². The highest BCUT2D eigenvalue weighted by atomic mass is 32.2. The smallest absolute Gasteiger partial charge is 0.392 e. The number of nitrogens with zero attached hydrogens (tertiary/aromatic N) is 4. The summed E-state index contributed by atoms with van der Waals surface area (Å²) < 4.78 is 49.3. The fourth-order valence-corrected chi connectivity index (χ4v) is 4.27. The molecule has 0 saturated carbocycles. The Hall–Kier alpha value is -2.10. The lowest BCUT2D eigenvalue weighted by Gasteiger charge is -2.09. The van der Waals surface area contributed by atoms with Gasteiger partial charge in [-0.05, 0) is 30.7 Å². The Bertz CT molecular complexity index is 1000. The SMILES string of the molecule is CCCCOc1ccc(Sc2nc(N)nc3c2ncn3CCOCPCC(F)(F)F)cc1. The average molecular weight is 487 g/mol. The zero-order valence-electron chi connectivity index (χ0n) is 17.6. The first kappa shape index (κ1) is 24.5. The molecule has 12 heteroatoms. The molecule has 1 atom stereocenters. The van der Waals surface area contributed by atoms with E-state index in [0.29, 0.717) is 29.3 Å². The van der Waals surface area contributed by atoms with Crippen LogP contribution >= 0.6 is 20.3 Å². The molecule has 7 nitrogen and oxygen atoms in total. The fraction of sp³-hybridized carbons (Fsp3) is 0.450. The highest BCUT2D eigenvalue weighted by Gasteiger charge is 2.26. The summed E-state index contributed by atoms with van der Waals surface area (Å²) in [6.07, 6.45) is -1.20.